The summed E-state index contributed by atoms with van der Waals surface area (Å²) < 4.78 is 2.32. The van der Waals surface area contributed by atoms with E-state index in [1.54, 1.807) is 0 Å². The van der Waals surface area contributed by atoms with Crippen molar-refractivity contribution in [3.63, 3.8) is 0 Å². The number of fused-ring (bicyclic) bond motifs is 1. The number of allylic oxidation sites excluding steroid dienone is 1. The van der Waals surface area contributed by atoms with Crippen LogP contribution in [0, 0.1) is 6.92 Å². The van der Waals surface area contributed by atoms with Crippen molar-refractivity contribution >= 4 is 34.8 Å². The minimum atomic E-state index is 0.00142. The molecule has 0 aliphatic carbocycles. The minimum Gasteiger partial charge on any atom is -0.371 e. The average Bonchev–Trinajstić information content (AvgIpc) is 2.86. The third-order valence-corrected chi connectivity index (χ3v) is 5.89. The maximum absolute atomic E-state index is 5.97. The van der Waals surface area contributed by atoms with Crippen LogP contribution in [-0.4, -0.2) is 36.3 Å². The molecule has 3 heteroatoms. The van der Waals surface area contributed by atoms with E-state index in [4.69, 9.17) is 11.6 Å². The standard InChI is InChI=1S/C24H30ClN2/c1-6-27(16-15-25)20-13-11-18(2)19(17-20)12-14-23-24(3,4)21-9-7-8-10-22(21)26(23)5/h7-14,17H,6,15-16H2,1-5H3/q+1. The number of rotatable bonds is 6. The molecule has 0 bridgehead atoms. The van der Waals surface area contributed by atoms with Crippen LogP contribution in [0.15, 0.2) is 48.5 Å². The van der Waals surface area contributed by atoms with Crippen molar-refractivity contribution in [2.24, 2.45) is 0 Å². The SMILES string of the molecule is CCN(CCCl)c1ccc(C)c(C=CC2=[N+](C)c3ccccc3C2(C)C)c1. The van der Waals surface area contributed by atoms with Crippen molar-refractivity contribution in [2.75, 3.05) is 30.9 Å². The van der Waals surface area contributed by atoms with E-state index in [-0.39, 0.29) is 5.41 Å². The number of hydrogen-bond donors (Lipinski definition) is 0. The molecule has 0 amide bonds. The second-order valence-corrected chi connectivity index (χ2v) is 8.11. The summed E-state index contributed by atoms with van der Waals surface area (Å²) in [6.07, 6.45) is 4.54. The van der Waals surface area contributed by atoms with Gasteiger partial charge in [-0.3, -0.25) is 0 Å². The smallest absolute Gasteiger partial charge is 0.209 e. The monoisotopic (exact) mass is 381 g/mol. The number of benzene rings is 2. The molecular formula is C24H30ClN2+. The molecule has 1 aliphatic rings. The zero-order valence-electron chi connectivity index (χ0n) is 17.1. The van der Waals surface area contributed by atoms with Gasteiger partial charge < -0.3 is 4.90 Å². The highest BCUT2D eigenvalue weighted by Gasteiger charge is 2.42. The van der Waals surface area contributed by atoms with Gasteiger partial charge in [0.05, 0.1) is 5.41 Å². The van der Waals surface area contributed by atoms with Gasteiger partial charge in [-0.25, -0.2) is 0 Å². The lowest BCUT2D eigenvalue weighted by molar-refractivity contribution is -0.401. The first-order valence-electron chi connectivity index (χ1n) is 9.70. The Bertz CT molecular complexity index is 893. The molecular weight excluding hydrogens is 352 g/mol. The number of nitrogens with zero attached hydrogens (tertiary/aromatic N) is 2. The molecule has 0 saturated carbocycles. The molecule has 0 N–H and O–H groups in total. The molecule has 2 aromatic carbocycles. The molecule has 0 spiro atoms. The predicted molar refractivity (Wildman–Crippen MR) is 119 cm³/mol. The number of hydrogen-bond acceptors (Lipinski definition) is 1. The summed E-state index contributed by atoms with van der Waals surface area (Å²) in [6.45, 7) is 10.8. The molecule has 0 fully saturated rings. The lowest BCUT2D eigenvalue weighted by Gasteiger charge is -2.22. The largest absolute Gasteiger partial charge is 0.371 e. The molecule has 2 aromatic rings. The normalized spacial score (nSPS) is 15.5. The Hall–Kier alpha value is -2.06. The molecule has 0 saturated heterocycles. The van der Waals surface area contributed by atoms with E-state index in [1.165, 1.54) is 33.8 Å². The molecule has 3 rings (SSSR count). The number of anilines is 1. The first-order valence-corrected chi connectivity index (χ1v) is 10.2. The zero-order chi connectivity index (χ0) is 19.6. The molecule has 2 nitrogen and oxygen atoms in total. The van der Waals surface area contributed by atoms with Gasteiger partial charge in [0.25, 0.3) is 0 Å². The molecule has 0 radical (unpaired) electrons. The first kappa shape index (κ1) is 19.7. The van der Waals surface area contributed by atoms with Gasteiger partial charge in [-0.15, -0.1) is 11.6 Å². The summed E-state index contributed by atoms with van der Waals surface area (Å²) >= 11 is 5.97. The summed E-state index contributed by atoms with van der Waals surface area (Å²) in [5, 5.41) is 0. The summed E-state index contributed by atoms with van der Waals surface area (Å²) in [6, 6.07) is 15.4. The van der Waals surface area contributed by atoms with E-state index >= 15 is 0 Å². The second-order valence-electron chi connectivity index (χ2n) is 7.73. The number of halogens is 1. The molecule has 0 atom stereocenters. The summed E-state index contributed by atoms with van der Waals surface area (Å²) in [5.41, 5.74) is 7.78. The van der Waals surface area contributed by atoms with Crippen molar-refractivity contribution < 1.29 is 4.58 Å². The molecule has 1 aliphatic heterocycles. The Balaban J connectivity index is 1.96. The quantitative estimate of drug-likeness (QED) is 0.454. The van der Waals surface area contributed by atoms with Crippen molar-refractivity contribution in [3.8, 4) is 0 Å². The van der Waals surface area contributed by atoms with Gasteiger partial charge in [0.1, 0.15) is 7.05 Å². The van der Waals surface area contributed by atoms with Gasteiger partial charge >= 0.3 is 0 Å². The van der Waals surface area contributed by atoms with Crippen LogP contribution in [0.25, 0.3) is 6.08 Å². The Morgan fingerprint density at radius 2 is 1.85 bits per heavy atom. The molecule has 27 heavy (non-hydrogen) atoms. The van der Waals surface area contributed by atoms with E-state index in [2.05, 4.69) is 98.8 Å². The maximum atomic E-state index is 5.97. The number of para-hydroxylation sites is 1. The van der Waals surface area contributed by atoms with Crippen molar-refractivity contribution in [3.05, 3.63) is 65.2 Å². The molecule has 1 heterocycles. The van der Waals surface area contributed by atoms with Gasteiger partial charge in [0, 0.05) is 42.4 Å². The number of alkyl halides is 1. The summed E-state index contributed by atoms with van der Waals surface area (Å²) in [5.74, 6) is 0.641. The predicted octanol–water partition coefficient (Wildman–Crippen LogP) is 5.78. The lowest BCUT2D eigenvalue weighted by atomic mass is 9.81. The first-order chi connectivity index (χ1) is 12.9. The highest BCUT2D eigenvalue weighted by Crippen LogP contribution is 2.39. The third kappa shape index (κ3) is 3.68. The van der Waals surface area contributed by atoms with Crippen LogP contribution in [0.1, 0.15) is 37.5 Å². The van der Waals surface area contributed by atoms with Crippen LogP contribution < -0.4 is 4.90 Å². The van der Waals surface area contributed by atoms with Crippen molar-refractivity contribution in [1.29, 1.82) is 0 Å². The fourth-order valence-corrected chi connectivity index (χ4v) is 4.25. The van der Waals surface area contributed by atoms with E-state index in [0.717, 1.165) is 13.1 Å². The fourth-order valence-electron chi connectivity index (χ4n) is 4.05. The van der Waals surface area contributed by atoms with Gasteiger partial charge in [-0.05, 0) is 57.0 Å². The van der Waals surface area contributed by atoms with Crippen molar-refractivity contribution in [1.82, 2.24) is 0 Å². The fraction of sp³-hybridized carbons (Fsp3) is 0.375. The van der Waals surface area contributed by atoms with E-state index in [0.29, 0.717) is 5.88 Å². The van der Waals surface area contributed by atoms with Gasteiger partial charge in [0.2, 0.25) is 5.69 Å². The van der Waals surface area contributed by atoms with Gasteiger partial charge in [0.15, 0.2) is 5.71 Å². The topological polar surface area (TPSA) is 6.25 Å². The van der Waals surface area contributed by atoms with Crippen LogP contribution in [0.2, 0.25) is 0 Å². The Labute approximate surface area is 168 Å². The number of aryl methyl sites for hydroxylation is 1. The van der Waals surface area contributed by atoms with E-state index < -0.39 is 0 Å². The third-order valence-electron chi connectivity index (χ3n) is 5.73. The molecule has 142 valence electrons. The van der Waals surface area contributed by atoms with Gasteiger partial charge in [-0.2, -0.15) is 4.58 Å². The highest BCUT2D eigenvalue weighted by atomic mass is 35.5. The Kier molecular flexibility index (Phi) is 5.76. The summed E-state index contributed by atoms with van der Waals surface area (Å²) in [4.78, 5) is 2.32. The van der Waals surface area contributed by atoms with Crippen LogP contribution in [0.5, 0.6) is 0 Å². The molecule has 0 aromatic heterocycles. The minimum absolute atomic E-state index is 0.00142. The average molecular weight is 382 g/mol. The van der Waals surface area contributed by atoms with Crippen LogP contribution in [0.3, 0.4) is 0 Å². The van der Waals surface area contributed by atoms with Gasteiger partial charge in [-0.1, -0.05) is 24.3 Å². The second kappa shape index (κ2) is 7.90. The Morgan fingerprint density at radius 3 is 2.52 bits per heavy atom. The van der Waals surface area contributed by atoms with Crippen LogP contribution >= 0.6 is 11.6 Å². The van der Waals surface area contributed by atoms with Crippen molar-refractivity contribution in [2.45, 2.75) is 33.1 Å². The molecule has 0 unspecified atom stereocenters. The highest BCUT2D eigenvalue weighted by molar-refractivity contribution is 6.18. The van der Waals surface area contributed by atoms with E-state index in [1.807, 2.05) is 0 Å². The van der Waals surface area contributed by atoms with E-state index in [9.17, 15) is 0 Å². The Morgan fingerprint density at radius 1 is 1.11 bits per heavy atom. The van der Waals surface area contributed by atoms with Crippen LogP contribution in [0.4, 0.5) is 11.4 Å². The summed E-state index contributed by atoms with van der Waals surface area (Å²) in [7, 11) is 2.16. The lowest BCUT2D eigenvalue weighted by Crippen LogP contribution is -2.26. The maximum Gasteiger partial charge on any atom is 0.209 e. The zero-order valence-corrected chi connectivity index (χ0v) is 17.8. The van der Waals surface area contributed by atoms with Crippen LogP contribution in [-0.2, 0) is 5.41 Å².